The molecule has 0 N–H and O–H groups in total. The Bertz CT molecular complexity index is 663. The van der Waals surface area contributed by atoms with Crippen molar-refractivity contribution in [2.24, 2.45) is 0 Å². The largest absolute Gasteiger partial charge is 0.480 e. The van der Waals surface area contributed by atoms with Gasteiger partial charge in [-0.15, -0.1) is 6.42 Å². The van der Waals surface area contributed by atoms with Crippen LogP contribution < -0.4 is 4.74 Å². The lowest BCUT2D eigenvalue weighted by Gasteiger charge is -2.08. The van der Waals surface area contributed by atoms with Crippen LogP contribution in [0.1, 0.15) is 12.5 Å². The first kappa shape index (κ1) is 15.7. The molecule has 1 aromatic rings. The van der Waals surface area contributed by atoms with Crippen molar-refractivity contribution in [2.45, 2.75) is 6.92 Å². The van der Waals surface area contributed by atoms with E-state index in [1.54, 1.807) is 19.1 Å². The van der Waals surface area contributed by atoms with Crippen molar-refractivity contribution in [1.29, 1.82) is 0 Å². The number of hydrogen-bond acceptors (Lipinski definition) is 4. The molecule has 21 heavy (non-hydrogen) atoms. The van der Waals surface area contributed by atoms with Crippen LogP contribution in [0.3, 0.4) is 0 Å². The molecule has 1 aliphatic heterocycles. The smallest absolute Gasteiger partial charge is 0.293 e. The van der Waals surface area contributed by atoms with Crippen molar-refractivity contribution in [2.75, 3.05) is 13.2 Å². The maximum atomic E-state index is 12.1. The highest BCUT2D eigenvalue weighted by Crippen LogP contribution is 2.34. The number of terminal acetylenes is 1. The molecule has 0 spiro atoms. The Kier molecular flexibility index (Phi) is 5.10. The van der Waals surface area contributed by atoms with E-state index in [2.05, 4.69) is 21.9 Å². The number of carbonyl (C=O) groups excluding carboxylic acids is 2. The van der Waals surface area contributed by atoms with E-state index in [9.17, 15) is 9.59 Å². The van der Waals surface area contributed by atoms with E-state index in [0.29, 0.717) is 22.8 Å². The molecule has 1 heterocycles. The number of likely N-dealkylation sites (N-methyl/N-ethyl adjacent to an activating group) is 1. The van der Waals surface area contributed by atoms with Crippen LogP contribution in [-0.4, -0.2) is 29.2 Å². The molecule has 1 aromatic carbocycles. The Morgan fingerprint density at radius 1 is 1.48 bits per heavy atom. The first-order valence-corrected chi connectivity index (χ1v) is 7.79. The molecule has 0 bridgehead atoms. The van der Waals surface area contributed by atoms with Gasteiger partial charge < -0.3 is 4.74 Å². The summed E-state index contributed by atoms with van der Waals surface area (Å²) in [6.07, 6.45) is 6.84. The van der Waals surface area contributed by atoms with Crippen molar-refractivity contribution in [1.82, 2.24) is 4.90 Å². The minimum Gasteiger partial charge on any atom is -0.480 e. The van der Waals surface area contributed by atoms with Crippen LogP contribution >= 0.6 is 27.7 Å². The maximum absolute atomic E-state index is 12.1. The molecule has 0 aromatic heterocycles. The highest BCUT2D eigenvalue weighted by Gasteiger charge is 2.33. The minimum absolute atomic E-state index is 0.138. The molecule has 0 unspecified atom stereocenters. The van der Waals surface area contributed by atoms with Crippen molar-refractivity contribution in [3.05, 3.63) is 33.1 Å². The molecule has 6 heteroatoms. The average Bonchev–Trinajstić information content (AvgIpc) is 2.72. The van der Waals surface area contributed by atoms with Crippen LogP contribution in [0.2, 0.25) is 0 Å². The molecule has 0 aliphatic carbocycles. The van der Waals surface area contributed by atoms with Gasteiger partial charge in [0.2, 0.25) is 0 Å². The number of halogens is 1. The second-order valence-corrected chi connectivity index (χ2v) is 6.01. The number of amides is 2. The number of benzene rings is 1. The zero-order chi connectivity index (χ0) is 15.4. The van der Waals surface area contributed by atoms with Crippen molar-refractivity contribution in [3.63, 3.8) is 0 Å². The minimum atomic E-state index is -0.282. The van der Waals surface area contributed by atoms with Crippen LogP contribution in [0.4, 0.5) is 4.79 Å². The quantitative estimate of drug-likeness (QED) is 0.604. The fourth-order valence-electron chi connectivity index (χ4n) is 1.80. The Balaban J connectivity index is 2.36. The Hall–Kier alpha value is -1.71. The number of imide groups is 1. The van der Waals surface area contributed by atoms with Crippen LogP contribution in [-0.2, 0) is 4.79 Å². The van der Waals surface area contributed by atoms with E-state index in [4.69, 9.17) is 11.2 Å². The van der Waals surface area contributed by atoms with Crippen molar-refractivity contribution < 1.29 is 14.3 Å². The lowest BCUT2D eigenvalue weighted by Crippen LogP contribution is -2.27. The SMILES string of the molecule is C#CCOc1ccc(Br)cc1C=C1SC(=O)N(CC)C1=O. The van der Waals surface area contributed by atoms with E-state index in [-0.39, 0.29) is 17.8 Å². The fraction of sp³-hybridized carbons (Fsp3) is 0.200. The summed E-state index contributed by atoms with van der Waals surface area (Å²) in [6.45, 7) is 2.26. The van der Waals surface area contributed by atoms with Gasteiger partial charge >= 0.3 is 0 Å². The van der Waals surface area contributed by atoms with Gasteiger partial charge in [-0.2, -0.15) is 0 Å². The van der Waals surface area contributed by atoms with Crippen LogP contribution in [0, 0.1) is 12.3 Å². The summed E-state index contributed by atoms with van der Waals surface area (Å²) >= 11 is 4.30. The fourth-order valence-corrected chi connectivity index (χ4v) is 3.07. The standard InChI is InChI=1S/C15H12BrNO3S/c1-3-7-20-12-6-5-11(16)8-10(12)9-13-14(18)17(4-2)15(19)21-13/h1,5-6,8-9H,4,7H2,2H3. The number of thioether (sulfide) groups is 1. The summed E-state index contributed by atoms with van der Waals surface area (Å²) in [6, 6.07) is 5.39. The van der Waals surface area contributed by atoms with E-state index < -0.39 is 0 Å². The van der Waals surface area contributed by atoms with Gasteiger partial charge in [-0.3, -0.25) is 14.5 Å². The van der Waals surface area contributed by atoms with Crippen molar-refractivity contribution in [3.8, 4) is 18.1 Å². The van der Waals surface area contributed by atoms with Crippen LogP contribution in [0.5, 0.6) is 5.75 Å². The summed E-state index contributed by atoms with van der Waals surface area (Å²) in [5.41, 5.74) is 0.696. The molecule has 2 rings (SSSR count). The van der Waals surface area contributed by atoms with Gasteiger partial charge in [0.25, 0.3) is 11.1 Å². The number of rotatable bonds is 4. The summed E-state index contributed by atoms with van der Waals surface area (Å²) < 4.78 is 6.29. The maximum Gasteiger partial charge on any atom is 0.293 e. The molecule has 0 radical (unpaired) electrons. The van der Waals surface area contributed by atoms with Gasteiger partial charge in [0.05, 0.1) is 4.91 Å². The topological polar surface area (TPSA) is 46.6 Å². The van der Waals surface area contributed by atoms with Gasteiger partial charge in [-0.25, -0.2) is 0 Å². The molecule has 1 fully saturated rings. The van der Waals surface area contributed by atoms with Gasteiger partial charge in [0.1, 0.15) is 12.4 Å². The summed E-state index contributed by atoms with van der Waals surface area (Å²) in [7, 11) is 0. The highest BCUT2D eigenvalue weighted by molar-refractivity contribution is 9.10. The Morgan fingerprint density at radius 2 is 2.24 bits per heavy atom. The second-order valence-electron chi connectivity index (χ2n) is 4.10. The number of carbonyl (C=O) groups is 2. The number of hydrogen-bond donors (Lipinski definition) is 0. The third-order valence-electron chi connectivity index (χ3n) is 2.76. The summed E-state index contributed by atoms with van der Waals surface area (Å²) in [5.74, 6) is 2.68. The third-order valence-corrected chi connectivity index (χ3v) is 4.16. The molecule has 1 aliphatic rings. The monoisotopic (exact) mass is 365 g/mol. The molecular formula is C15H12BrNO3S. The first-order valence-electron chi connectivity index (χ1n) is 6.18. The lowest BCUT2D eigenvalue weighted by molar-refractivity contribution is -0.122. The Morgan fingerprint density at radius 3 is 2.86 bits per heavy atom. The molecule has 0 saturated carbocycles. The normalized spacial score (nSPS) is 16.4. The summed E-state index contributed by atoms with van der Waals surface area (Å²) in [5, 5.41) is -0.255. The number of nitrogens with zero attached hydrogens (tertiary/aromatic N) is 1. The molecule has 108 valence electrons. The highest BCUT2D eigenvalue weighted by atomic mass is 79.9. The first-order chi connectivity index (χ1) is 10.1. The van der Waals surface area contributed by atoms with Crippen molar-refractivity contribution >= 4 is 44.9 Å². The average molecular weight is 366 g/mol. The van der Waals surface area contributed by atoms with E-state index in [1.807, 2.05) is 12.1 Å². The van der Waals surface area contributed by atoms with Gasteiger partial charge in [0, 0.05) is 16.6 Å². The van der Waals surface area contributed by atoms with Crippen LogP contribution in [0.25, 0.3) is 6.08 Å². The predicted molar refractivity (Wildman–Crippen MR) is 86.8 cm³/mol. The van der Waals surface area contributed by atoms with E-state index in [0.717, 1.165) is 16.2 Å². The predicted octanol–water partition coefficient (Wildman–Crippen LogP) is 3.52. The van der Waals surface area contributed by atoms with Gasteiger partial charge in [-0.1, -0.05) is 21.9 Å². The zero-order valence-corrected chi connectivity index (χ0v) is 13.7. The second kappa shape index (κ2) is 6.83. The van der Waals surface area contributed by atoms with Crippen LogP contribution in [0.15, 0.2) is 27.6 Å². The zero-order valence-electron chi connectivity index (χ0n) is 11.3. The summed E-state index contributed by atoms with van der Waals surface area (Å²) in [4.78, 5) is 25.4. The van der Waals surface area contributed by atoms with Gasteiger partial charge in [0.15, 0.2) is 0 Å². The van der Waals surface area contributed by atoms with Gasteiger partial charge in [-0.05, 0) is 43.0 Å². The molecular weight excluding hydrogens is 354 g/mol. The molecule has 1 saturated heterocycles. The molecule has 4 nitrogen and oxygen atoms in total. The van der Waals surface area contributed by atoms with E-state index in [1.165, 1.54) is 4.90 Å². The molecule has 2 amide bonds. The lowest BCUT2D eigenvalue weighted by atomic mass is 10.2. The van der Waals surface area contributed by atoms with E-state index >= 15 is 0 Å². The Labute approximate surface area is 135 Å². The number of ether oxygens (including phenoxy) is 1. The third kappa shape index (κ3) is 3.49. The molecule has 0 atom stereocenters.